The van der Waals surface area contributed by atoms with Crippen LogP contribution < -0.4 is 5.56 Å². The fraction of sp³-hybridized carbons (Fsp3) is 0.462. The number of nitrogens with zero attached hydrogens (tertiary/aromatic N) is 3. The zero-order valence-electron chi connectivity index (χ0n) is 11.0. The van der Waals surface area contributed by atoms with Gasteiger partial charge in [-0.1, -0.05) is 6.92 Å². The van der Waals surface area contributed by atoms with E-state index in [2.05, 4.69) is 4.98 Å². The molecule has 3 rings (SSSR count). The van der Waals surface area contributed by atoms with Crippen molar-refractivity contribution in [3.8, 4) is 0 Å². The molecule has 106 valence electrons. The molecular formula is C13H15N3O3S. The summed E-state index contributed by atoms with van der Waals surface area (Å²) in [4.78, 5) is 30.9. The van der Waals surface area contributed by atoms with Gasteiger partial charge in [0.25, 0.3) is 11.5 Å². The van der Waals surface area contributed by atoms with Crippen molar-refractivity contribution in [1.82, 2.24) is 14.3 Å². The number of amides is 1. The largest absolute Gasteiger partial charge is 0.391 e. The molecule has 1 saturated heterocycles. The summed E-state index contributed by atoms with van der Waals surface area (Å²) in [6, 6.07) is 0. The van der Waals surface area contributed by atoms with Crippen LogP contribution in [0, 0.1) is 5.92 Å². The third kappa shape index (κ3) is 2.12. The zero-order chi connectivity index (χ0) is 14.3. The summed E-state index contributed by atoms with van der Waals surface area (Å²) in [5.74, 6) is -0.174. The number of hydrogen-bond donors (Lipinski definition) is 1. The van der Waals surface area contributed by atoms with E-state index in [1.165, 1.54) is 26.8 Å². The van der Waals surface area contributed by atoms with Crippen LogP contribution in [-0.2, 0) is 0 Å². The van der Waals surface area contributed by atoms with E-state index in [-0.39, 0.29) is 29.5 Å². The fourth-order valence-electron chi connectivity index (χ4n) is 2.38. The van der Waals surface area contributed by atoms with Crippen LogP contribution in [-0.4, -0.2) is 44.5 Å². The molecule has 2 atom stereocenters. The highest BCUT2D eigenvalue weighted by atomic mass is 32.1. The number of rotatable bonds is 1. The van der Waals surface area contributed by atoms with Gasteiger partial charge in [-0.15, -0.1) is 11.3 Å². The predicted molar refractivity (Wildman–Crippen MR) is 75.0 cm³/mol. The van der Waals surface area contributed by atoms with E-state index in [0.717, 1.165) is 6.42 Å². The third-order valence-electron chi connectivity index (χ3n) is 3.78. The smallest absolute Gasteiger partial charge is 0.271 e. The highest BCUT2D eigenvalue weighted by Gasteiger charge is 2.29. The second-order valence-corrected chi connectivity index (χ2v) is 5.99. The molecule has 1 aliphatic heterocycles. The molecule has 20 heavy (non-hydrogen) atoms. The Hall–Kier alpha value is -1.73. The number of aromatic nitrogens is 2. The Balaban J connectivity index is 1.93. The SMILES string of the molecule is CC1CCN(C(=O)c2cnc3sccn3c2=O)CC1O. The standard InChI is InChI=1S/C13H15N3O3S/c1-8-2-3-15(7-10(8)17)11(18)9-6-14-13-16(12(9)19)4-5-20-13/h4-6,8,10,17H,2-3,7H2,1H3. The van der Waals surface area contributed by atoms with Gasteiger partial charge >= 0.3 is 0 Å². The minimum Gasteiger partial charge on any atom is -0.391 e. The first kappa shape index (κ1) is 13.3. The first-order valence-corrected chi connectivity index (χ1v) is 7.38. The molecule has 7 heteroatoms. The number of carbonyl (C=O) groups is 1. The van der Waals surface area contributed by atoms with E-state index in [0.29, 0.717) is 11.5 Å². The summed E-state index contributed by atoms with van der Waals surface area (Å²) in [7, 11) is 0. The summed E-state index contributed by atoms with van der Waals surface area (Å²) in [5.41, 5.74) is -0.294. The van der Waals surface area contributed by atoms with Crippen LogP contribution in [0.25, 0.3) is 4.96 Å². The van der Waals surface area contributed by atoms with E-state index in [1.54, 1.807) is 11.6 Å². The highest BCUT2D eigenvalue weighted by Crippen LogP contribution is 2.18. The quantitative estimate of drug-likeness (QED) is 0.835. The lowest BCUT2D eigenvalue weighted by Crippen LogP contribution is -2.47. The number of fused-ring (bicyclic) bond motifs is 1. The van der Waals surface area contributed by atoms with Gasteiger partial charge in [0.05, 0.1) is 6.10 Å². The summed E-state index contributed by atoms with van der Waals surface area (Å²) in [6.45, 7) is 2.79. The molecule has 2 unspecified atom stereocenters. The van der Waals surface area contributed by atoms with Crippen LogP contribution >= 0.6 is 11.3 Å². The van der Waals surface area contributed by atoms with Gasteiger partial charge < -0.3 is 10.0 Å². The monoisotopic (exact) mass is 293 g/mol. The first-order chi connectivity index (χ1) is 9.58. The van der Waals surface area contributed by atoms with Gasteiger partial charge in [0.1, 0.15) is 5.56 Å². The van der Waals surface area contributed by atoms with Crippen molar-refractivity contribution in [3.63, 3.8) is 0 Å². The molecule has 1 aliphatic rings. The van der Waals surface area contributed by atoms with Gasteiger partial charge in [0.15, 0.2) is 4.96 Å². The van der Waals surface area contributed by atoms with Gasteiger partial charge in [-0.25, -0.2) is 4.98 Å². The van der Waals surface area contributed by atoms with Crippen molar-refractivity contribution in [1.29, 1.82) is 0 Å². The second-order valence-electron chi connectivity index (χ2n) is 5.12. The Labute approximate surface area is 119 Å². The average Bonchev–Trinajstić information content (AvgIpc) is 2.91. The Morgan fingerprint density at radius 1 is 1.55 bits per heavy atom. The van der Waals surface area contributed by atoms with Gasteiger partial charge in [0.2, 0.25) is 0 Å². The molecule has 1 amide bonds. The molecule has 6 nitrogen and oxygen atoms in total. The molecule has 0 spiro atoms. The molecular weight excluding hydrogens is 278 g/mol. The number of carbonyl (C=O) groups excluding carboxylic acids is 1. The molecule has 2 aromatic heterocycles. The molecule has 3 heterocycles. The zero-order valence-corrected chi connectivity index (χ0v) is 11.8. The van der Waals surface area contributed by atoms with Gasteiger partial charge in [-0.05, 0) is 12.3 Å². The van der Waals surface area contributed by atoms with Crippen LogP contribution in [0.2, 0.25) is 0 Å². The third-order valence-corrected chi connectivity index (χ3v) is 4.55. The summed E-state index contributed by atoms with van der Waals surface area (Å²) in [5, 5.41) is 11.6. The van der Waals surface area contributed by atoms with Crippen molar-refractivity contribution in [2.45, 2.75) is 19.4 Å². The van der Waals surface area contributed by atoms with Crippen LogP contribution in [0.1, 0.15) is 23.7 Å². The fourth-order valence-corrected chi connectivity index (χ4v) is 3.05. The van der Waals surface area contributed by atoms with Crippen LogP contribution in [0.4, 0.5) is 0 Å². The number of thiazole rings is 1. The van der Waals surface area contributed by atoms with E-state index in [4.69, 9.17) is 0 Å². The number of hydrogen-bond acceptors (Lipinski definition) is 5. The lowest BCUT2D eigenvalue weighted by molar-refractivity contribution is 0.0247. The van der Waals surface area contributed by atoms with E-state index in [9.17, 15) is 14.7 Å². The van der Waals surface area contributed by atoms with E-state index < -0.39 is 6.10 Å². The van der Waals surface area contributed by atoms with Crippen molar-refractivity contribution in [2.24, 2.45) is 5.92 Å². The number of likely N-dealkylation sites (tertiary alicyclic amines) is 1. The molecule has 0 saturated carbocycles. The summed E-state index contributed by atoms with van der Waals surface area (Å²) in [6.07, 6.45) is 3.15. The maximum absolute atomic E-state index is 12.4. The maximum atomic E-state index is 12.4. The lowest BCUT2D eigenvalue weighted by atomic mass is 9.96. The number of aliphatic hydroxyl groups is 1. The first-order valence-electron chi connectivity index (χ1n) is 6.50. The van der Waals surface area contributed by atoms with Crippen molar-refractivity contribution in [2.75, 3.05) is 13.1 Å². The Morgan fingerprint density at radius 3 is 3.10 bits per heavy atom. The minimum absolute atomic E-state index is 0.0580. The normalized spacial score (nSPS) is 23.2. The van der Waals surface area contributed by atoms with Crippen molar-refractivity contribution in [3.05, 3.63) is 33.7 Å². The molecule has 1 N–H and O–H groups in total. The van der Waals surface area contributed by atoms with Gasteiger partial charge in [-0.2, -0.15) is 0 Å². The second kappa shape index (κ2) is 4.99. The number of β-amino-alcohol motifs (C(OH)–C–C–N with tert-alkyl or cyclic N) is 1. The Morgan fingerprint density at radius 2 is 2.35 bits per heavy atom. The van der Waals surface area contributed by atoms with E-state index in [1.807, 2.05) is 6.92 Å². The molecule has 1 fully saturated rings. The predicted octanol–water partition coefficient (Wildman–Crippen LogP) is 0.599. The van der Waals surface area contributed by atoms with Gasteiger partial charge in [0, 0.05) is 30.9 Å². The van der Waals surface area contributed by atoms with Crippen LogP contribution in [0.15, 0.2) is 22.6 Å². The number of piperidine rings is 1. The van der Waals surface area contributed by atoms with E-state index >= 15 is 0 Å². The molecule has 0 aromatic carbocycles. The topological polar surface area (TPSA) is 74.9 Å². The number of aliphatic hydroxyl groups excluding tert-OH is 1. The van der Waals surface area contributed by atoms with Crippen LogP contribution in [0.3, 0.4) is 0 Å². The minimum atomic E-state index is -0.534. The van der Waals surface area contributed by atoms with Crippen molar-refractivity contribution >= 4 is 22.2 Å². The highest BCUT2D eigenvalue weighted by molar-refractivity contribution is 7.15. The lowest BCUT2D eigenvalue weighted by Gasteiger charge is -2.34. The summed E-state index contributed by atoms with van der Waals surface area (Å²) < 4.78 is 1.38. The Kier molecular flexibility index (Phi) is 3.31. The average molecular weight is 293 g/mol. The van der Waals surface area contributed by atoms with Gasteiger partial charge in [-0.3, -0.25) is 14.0 Å². The molecule has 0 bridgehead atoms. The molecule has 0 radical (unpaired) electrons. The van der Waals surface area contributed by atoms with Crippen LogP contribution in [0.5, 0.6) is 0 Å². The van der Waals surface area contributed by atoms with Crippen molar-refractivity contribution < 1.29 is 9.90 Å². The molecule has 0 aliphatic carbocycles. The maximum Gasteiger partial charge on any atom is 0.271 e. The Bertz CT molecular complexity index is 708. The molecule has 2 aromatic rings. The summed E-state index contributed by atoms with van der Waals surface area (Å²) >= 11 is 1.35.